The van der Waals surface area contributed by atoms with E-state index in [0.717, 1.165) is 6.04 Å². The average molecular weight is 413 g/mol. The molecule has 0 saturated carbocycles. The van der Waals surface area contributed by atoms with Crippen LogP contribution in [-0.4, -0.2) is 114 Å². The highest BCUT2D eigenvalue weighted by Gasteiger charge is 2.47. The van der Waals surface area contributed by atoms with Crippen LogP contribution in [-0.2, 0) is 18.9 Å². The van der Waals surface area contributed by atoms with Crippen LogP contribution in [0.15, 0.2) is 0 Å². The van der Waals surface area contributed by atoms with Gasteiger partial charge in [-0.25, -0.2) is 0 Å². The minimum absolute atomic E-state index is 0.134. The van der Waals surface area contributed by atoms with Crippen molar-refractivity contribution in [3.63, 3.8) is 0 Å². The Hall–Kier alpha value is -0.183. The predicted octanol–water partition coefficient (Wildman–Crippen LogP) is -2.40. The van der Waals surface area contributed by atoms with Crippen molar-refractivity contribution in [2.75, 3.05) is 19.8 Å². The maximum atomic E-state index is 10.3. The Kier molecular flexibility index (Phi) is 8.16. The molecule has 0 spiro atoms. The lowest BCUT2D eigenvalue weighted by Gasteiger charge is -2.43. The molecule has 11 heteroatoms. The molecule has 0 aromatic rings. The molecule has 2 saturated heterocycles. The topological polar surface area (TPSA) is 158 Å². The van der Waals surface area contributed by atoms with Crippen molar-refractivity contribution in [1.82, 2.24) is 0 Å². The minimum Gasteiger partial charge on any atom is -0.394 e. The molecule has 0 unspecified atom stereocenters. The first-order valence-electron chi connectivity index (χ1n) is 9.10. The zero-order valence-corrected chi connectivity index (χ0v) is 16.8. The minimum atomic E-state index is -1.60. The first-order valence-corrected chi connectivity index (χ1v) is 12.8. The van der Waals surface area contributed by atoms with E-state index in [1.165, 1.54) is 0 Å². The molecule has 9 atom stereocenters. The molecule has 0 bridgehead atoms. The summed E-state index contributed by atoms with van der Waals surface area (Å²) < 4.78 is 21.6. The molecule has 2 fully saturated rings. The fourth-order valence-electron chi connectivity index (χ4n) is 2.87. The van der Waals surface area contributed by atoms with Crippen LogP contribution in [0, 0.1) is 0 Å². The summed E-state index contributed by atoms with van der Waals surface area (Å²) in [4.78, 5) is 0. The molecule has 0 aliphatic carbocycles. The lowest BCUT2D eigenvalue weighted by Crippen LogP contribution is -2.62. The van der Waals surface area contributed by atoms with Gasteiger partial charge in [0.2, 0.25) is 0 Å². The van der Waals surface area contributed by atoms with Crippen LogP contribution >= 0.6 is 0 Å². The Labute approximate surface area is 159 Å². The molecule has 0 radical (unpaired) electrons. The van der Waals surface area contributed by atoms with Gasteiger partial charge in [-0.1, -0.05) is 19.6 Å². The van der Waals surface area contributed by atoms with Crippen molar-refractivity contribution in [2.45, 2.75) is 81.0 Å². The van der Waals surface area contributed by atoms with Crippen molar-refractivity contribution in [3.05, 3.63) is 0 Å². The average Bonchev–Trinajstić information content (AvgIpc) is 2.60. The highest BCUT2D eigenvalue weighted by atomic mass is 28.3. The molecule has 27 heavy (non-hydrogen) atoms. The van der Waals surface area contributed by atoms with Gasteiger partial charge in [0.25, 0.3) is 0 Å². The van der Waals surface area contributed by atoms with Gasteiger partial charge >= 0.3 is 0 Å². The van der Waals surface area contributed by atoms with Gasteiger partial charge in [0.15, 0.2) is 12.6 Å². The van der Waals surface area contributed by atoms with E-state index in [2.05, 4.69) is 19.6 Å². The lowest BCUT2D eigenvalue weighted by atomic mass is 9.99. The predicted molar refractivity (Wildman–Crippen MR) is 94.5 cm³/mol. The summed E-state index contributed by atoms with van der Waals surface area (Å²) in [7, 11) is -1.31. The van der Waals surface area contributed by atoms with E-state index in [1.54, 1.807) is 0 Å². The molecule has 2 heterocycles. The number of aliphatic hydroxyl groups excluding tert-OH is 6. The number of hydrogen-bond donors (Lipinski definition) is 6. The third-order valence-corrected chi connectivity index (χ3v) is 6.43. The maximum Gasteiger partial charge on any atom is 0.187 e. The number of rotatable bonds is 7. The molecular formula is C16H32O10Si. The largest absolute Gasteiger partial charge is 0.394 e. The van der Waals surface area contributed by atoms with E-state index >= 15 is 0 Å². The van der Waals surface area contributed by atoms with Crippen molar-refractivity contribution in [3.8, 4) is 0 Å². The number of hydrogen-bond acceptors (Lipinski definition) is 10. The quantitative estimate of drug-likeness (QED) is 0.249. The Bertz CT molecular complexity index is 459. The molecule has 6 N–H and O–H groups in total. The van der Waals surface area contributed by atoms with Gasteiger partial charge in [-0.3, -0.25) is 0 Å². The first kappa shape index (κ1) is 23.1. The van der Waals surface area contributed by atoms with E-state index < -0.39 is 70.0 Å². The highest BCUT2D eigenvalue weighted by Crippen LogP contribution is 2.26. The molecule has 2 aliphatic heterocycles. The van der Waals surface area contributed by atoms with Gasteiger partial charge in [-0.2, -0.15) is 0 Å². The molecule has 2 rings (SSSR count). The monoisotopic (exact) mass is 412 g/mol. The van der Waals surface area contributed by atoms with Crippen LogP contribution in [0.25, 0.3) is 0 Å². The van der Waals surface area contributed by atoms with E-state index in [9.17, 15) is 30.6 Å². The Balaban J connectivity index is 1.89. The third-order valence-electron chi connectivity index (χ3n) is 4.73. The zero-order valence-electron chi connectivity index (χ0n) is 15.8. The third kappa shape index (κ3) is 5.90. The normalized spacial score (nSPS) is 43.7. The molecule has 2 aliphatic rings. The fraction of sp³-hybridized carbons (Fsp3) is 1.00. The van der Waals surface area contributed by atoms with Crippen LogP contribution in [0.5, 0.6) is 0 Å². The maximum absolute atomic E-state index is 10.3. The van der Waals surface area contributed by atoms with Crippen molar-refractivity contribution >= 4 is 8.07 Å². The van der Waals surface area contributed by atoms with Gasteiger partial charge in [0.1, 0.15) is 42.7 Å². The molecule has 0 aromatic heterocycles. The van der Waals surface area contributed by atoms with Gasteiger partial charge in [-0.05, 0) is 6.04 Å². The van der Waals surface area contributed by atoms with Crippen LogP contribution < -0.4 is 0 Å². The van der Waals surface area contributed by atoms with Gasteiger partial charge in [0, 0.05) is 14.7 Å². The fourth-order valence-corrected chi connectivity index (χ4v) is 3.60. The molecule has 0 aromatic carbocycles. The van der Waals surface area contributed by atoms with E-state index in [1.807, 2.05) is 0 Å². The van der Waals surface area contributed by atoms with Crippen molar-refractivity contribution in [2.24, 2.45) is 0 Å². The van der Waals surface area contributed by atoms with E-state index in [0.29, 0.717) is 6.61 Å². The summed E-state index contributed by atoms with van der Waals surface area (Å²) in [5.41, 5.74) is 0. The number of aliphatic hydroxyl groups is 6. The highest BCUT2D eigenvalue weighted by molar-refractivity contribution is 6.76. The van der Waals surface area contributed by atoms with E-state index in [4.69, 9.17) is 18.9 Å². The molecular weight excluding hydrogens is 380 g/mol. The van der Waals surface area contributed by atoms with Gasteiger partial charge in [0.05, 0.1) is 13.2 Å². The second-order valence-electron chi connectivity index (χ2n) is 8.24. The van der Waals surface area contributed by atoms with E-state index in [-0.39, 0.29) is 6.61 Å². The summed E-state index contributed by atoms with van der Waals surface area (Å²) in [6, 6.07) is 0.875. The molecule has 0 amide bonds. The van der Waals surface area contributed by atoms with Crippen molar-refractivity contribution < 1.29 is 49.6 Å². The summed E-state index contributed by atoms with van der Waals surface area (Å²) in [5, 5.41) is 59.3. The Morgan fingerprint density at radius 1 is 0.889 bits per heavy atom. The smallest absolute Gasteiger partial charge is 0.187 e. The lowest BCUT2D eigenvalue weighted by molar-refractivity contribution is -0.343. The number of ether oxygens (including phenoxy) is 4. The zero-order chi connectivity index (χ0) is 20.4. The van der Waals surface area contributed by atoms with Gasteiger partial charge in [-0.15, -0.1) is 0 Å². The summed E-state index contributed by atoms with van der Waals surface area (Å²) in [6.07, 6.45) is -12.0. The van der Waals surface area contributed by atoms with Crippen LogP contribution in [0.4, 0.5) is 0 Å². The Morgan fingerprint density at radius 2 is 1.52 bits per heavy atom. The second-order valence-corrected chi connectivity index (χ2v) is 13.9. The van der Waals surface area contributed by atoms with Crippen molar-refractivity contribution in [1.29, 1.82) is 0 Å². The first-order chi connectivity index (χ1) is 12.5. The summed E-state index contributed by atoms with van der Waals surface area (Å²) in [5.74, 6) is 0. The standard InChI is InChI=1S/C16H32O10Si/c1-27(2,3)5-4-23-15-13(21)11(19)9(7-24-15)26-16-14(22)12(20)10(18)8(6-17)25-16/h8-22H,4-7H2,1-3H3/t8-,9-,10+,11+,12+,13-,14-,15-,16+/m1/s1. The molecule has 10 nitrogen and oxygen atoms in total. The summed E-state index contributed by atoms with van der Waals surface area (Å²) in [6.45, 7) is 6.24. The Morgan fingerprint density at radius 3 is 2.11 bits per heavy atom. The molecule has 160 valence electrons. The van der Waals surface area contributed by atoms with Crippen LogP contribution in [0.1, 0.15) is 0 Å². The van der Waals surface area contributed by atoms with Gasteiger partial charge < -0.3 is 49.6 Å². The SMILES string of the molecule is C[Si](C)(C)CCO[C@@H]1OC[C@@H](O[C@@H]2O[C@H](CO)[C@H](O)[C@H](O)[C@H]2O)[C@H](O)[C@H]1O. The van der Waals surface area contributed by atoms with Crippen LogP contribution in [0.2, 0.25) is 25.7 Å². The summed E-state index contributed by atoms with van der Waals surface area (Å²) >= 11 is 0. The second kappa shape index (κ2) is 9.54. The van der Waals surface area contributed by atoms with Crippen LogP contribution in [0.3, 0.4) is 0 Å².